The van der Waals surface area contributed by atoms with Gasteiger partial charge in [0.15, 0.2) is 11.8 Å². The van der Waals surface area contributed by atoms with Crippen LogP contribution < -0.4 is 10.6 Å². The van der Waals surface area contributed by atoms with E-state index in [0.29, 0.717) is 17.7 Å². The Balaban J connectivity index is 1.77. The van der Waals surface area contributed by atoms with E-state index in [9.17, 15) is 14.4 Å². The Morgan fingerprint density at radius 1 is 0.742 bits per heavy atom. The van der Waals surface area contributed by atoms with Gasteiger partial charge in [-0.2, -0.15) is 0 Å². The second-order valence-corrected chi connectivity index (χ2v) is 7.22. The molecule has 0 bridgehead atoms. The van der Waals surface area contributed by atoms with Crippen molar-refractivity contribution in [3.63, 3.8) is 0 Å². The lowest BCUT2D eigenvalue weighted by molar-refractivity contribution is -0.121. The summed E-state index contributed by atoms with van der Waals surface area (Å²) in [5.41, 5.74) is 2.78. The van der Waals surface area contributed by atoms with Crippen molar-refractivity contribution in [2.45, 2.75) is 25.8 Å². The molecule has 0 saturated carbocycles. The highest BCUT2D eigenvalue weighted by Crippen LogP contribution is 2.19. The normalized spacial score (nSPS) is 11.4. The molecular weight excluding hydrogens is 388 g/mol. The molecule has 0 spiro atoms. The lowest BCUT2D eigenvalue weighted by atomic mass is 10.0. The maximum absolute atomic E-state index is 12.9. The van der Waals surface area contributed by atoms with E-state index in [0.717, 1.165) is 24.0 Å². The van der Waals surface area contributed by atoms with Crippen LogP contribution in [0.2, 0.25) is 0 Å². The molecule has 0 radical (unpaired) electrons. The van der Waals surface area contributed by atoms with Crippen LogP contribution in [0, 0.1) is 0 Å². The molecule has 0 saturated heterocycles. The lowest BCUT2D eigenvalue weighted by Crippen LogP contribution is -2.51. The molecule has 0 aliphatic carbocycles. The highest BCUT2D eigenvalue weighted by atomic mass is 16.2. The lowest BCUT2D eigenvalue weighted by Gasteiger charge is -2.18. The summed E-state index contributed by atoms with van der Waals surface area (Å²) in [5, 5.41) is 5.36. The van der Waals surface area contributed by atoms with E-state index in [2.05, 4.69) is 10.6 Å². The third-order valence-corrected chi connectivity index (χ3v) is 4.94. The molecule has 0 heterocycles. The first-order valence-electron chi connectivity index (χ1n) is 10.4. The zero-order chi connectivity index (χ0) is 22.1. The van der Waals surface area contributed by atoms with Crippen molar-refractivity contribution in [3.8, 4) is 11.1 Å². The van der Waals surface area contributed by atoms with Gasteiger partial charge in [-0.15, -0.1) is 0 Å². The van der Waals surface area contributed by atoms with Crippen LogP contribution in [0.4, 0.5) is 0 Å². The molecule has 5 heteroatoms. The van der Waals surface area contributed by atoms with Gasteiger partial charge >= 0.3 is 0 Å². The Bertz CT molecular complexity index is 1020. The Morgan fingerprint density at radius 3 is 1.94 bits per heavy atom. The summed E-state index contributed by atoms with van der Waals surface area (Å²) in [6.45, 7) is 2.47. The quantitative estimate of drug-likeness (QED) is 0.312. The molecule has 2 N–H and O–H groups in total. The average molecular weight is 415 g/mol. The summed E-state index contributed by atoms with van der Waals surface area (Å²) < 4.78 is 0. The number of amides is 2. The van der Waals surface area contributed by atoms with Gasteiger partial charge in [0, 0.05) is 17.7 Å². The predicted octanol–water partition coefficient (Wildman–Crippen LogP) is 4.25. The molecule has 1 atom stereocenters. The van der Waals surface area contributed by atoms with Gasteiger partial charge in [-0.1, -0.05) is 86.1 Å². The van der Waals surface area contributed by atoms with Crippen molar-refractivity contribution in [1.82, 2.24) is 10.6 Å². The van der Waals surface area contributed by atoms with Crippen LogP contribution in [0.3, 0.4) is 0 Å². The van der Waals surface area contributed by atoms with Gasteiger partial charge in [-0.3, -0.25) is 14.4 Å². The number of hydrogen-bond acceptors (Lipinski definition) is 3. The molecule has 0 aromatic heterocycles. The maximum Gasteiger partial charge on any atom is 0.252 e. The van der Waals surface area contributed by atoms with E-state index in [1.54, 1.807) is 42.5 Å². The van der Waals surface area contributed by atoms with Crippen LogP contribution in [0.5, 0.6) is 0 Å². The molecule has 0 fully saturated rings. The Hall–Kier alpha value is -3.73. The number of hydrogen-bond donors (Lipinski definition) is 2. The van der Waals surface area contributed by atoms with Crippen molar-refractivity contribution >= 4 is 17.6 Å². The molecule has 3 aromatic rings. The minimum atomic E-state index is -1.29. The Labute approximate surface area is 182 Å². The number of ketones is 1. The molecule has 0 aliphatic heterocycles. The first kappa shape index (κ1) is 22.0. The minimum absolute atomic E-state index is 0.373. The van der Waals surface area contributed by atoms with Crippen LogP contribution in [0.1, 0.15) is 40.5 Å². The number of Topliss-reactive ketones (excluding diaryl/α,β-unsaturated/α-hetero) is 1. The number of carbonyl (C=O) groups is 3. The van der Waals surface area contributed by atoms with Gasteiger partial charge in [-0.25, -0.2) is 0 Å². The monoisotopic (exact) mass is 414 g/mol. The smallest absolute Gasteiger partial charge is 0.252 e. The zero-order valence-corrected chi connectivity index (χ0v) is 17.5. The van der Waals surface area contributed by atoms with Crippen LogP contribution in [0.25, 0.3) is 11.1 Å². The number of unbranched alkanes of at least 4 members (excludes halogenated alkanes) is 1. The number of benzene rings is 3. The van der Waals surface area contributed by atoms with E-state index in [1.165, 1.54) is 0 Å². The second kappa shape index (κ2) is 10.9. The molecule has 2 amide bonds. The third-order valence-electron chi connectivity index (χ3n) is 4.94. The van der Waals surface area contributed by atoms with E-state index in [-0.39, 0.29) is 0 Å². The summed E-state index contributed by atoms with van der Waals surface area (Å²) in [4.78, 5) is 38.5. The number of carbonyl (C=O) groups excluding carboxylic acids is 3. The number of nitrogens with one attached hydrogen (secondary N) is 2. The topological polar surface area (TPSA) is 75.3 Å². The highest BCUT2D eigenvalue weighted by Gasteiger charge is 2.29. The van der Waals surface area contributed by atoms with Crippen molar-refractivity contribution < 1.29 is 14.4 Å². The summed E-state index contributed by atoms with van der Waals surface area (Å²) >= 11 is 0. The van der Waals surface area contributed by atoms with Gasteiger partial charge in [0.2, 0.25) is 0 Å². The second-order valence-electron chi connectivity index (χ2n) is 7.22. The first-order valence-corrected chi connectivity index (χ1v) is 10.4. The summed E-state index contributed by atoms with van der Waals surface area (Å²) in [5.74, 6) is -1.42. The fraction of sp³-hybridized carbons (Fsp3) is 0.192. The molecule has 0 aliphatic rings. The summed E-state index contributed by atoms with van der Waals surface area (Å²) in [6.07, 6.45) is 1.71. The largest absolute Gasteiger partial charge is 0.354 e. The van der Waals surface area contributed by atoms with E-state index < -0.39 is 23.6 Å². The fourth-order valence-corrected chi connectivity index (χ4v) is 3.17. The van der Waals surface area contributed by atoms with E-state index >= 15 is 0 Å². The molecule has 1 unspecified atom stereocenters. The average Bonchev–Trinajstić information content (AvgIpc) is 2.83. The Kier molecular flexibility index (Phi) is 7.71. The van der Waals surface area contributed by atoms with Crippen LogP contribution >= 0.6 is 0 Å². The fourth-order valence-electron chi connectivity index (χ4n) is 3.17. The summed E-state index contributed by atoms with van der Waals surface area (Å²) in [6, 6.07) is 24.1. The Morgan fingerprint density at radius 2 is 1.32 bits per heavy atom. The SMILES string of the molecule is CCCCNC(=O)C(NC(=O)c1ccc(-c2ccccc2)cc1)C(=O)c1ccccc1. The van der Waals surface area contributed by atoms with E-state index in [1.807, 2.05) is 49.4 Å². The maximum atomic E-state index is 12.9. The van der Waals surface area contributed by atoms with Gasteiger partial charge in [0.05, 0.1) is 0 Å². The minimum Gasteiger partial charge on any atom is -0.354 e. The highest BCUT2D eigenvalue weighted by molar-refractivity contribution is 6.16. The van der Waals surface area contributed by atoms with Crippen molar-refractivity contribution in [1.29, 1.82) is 0 Å². The standard InChI is InChI=1S/C26H26N2O3/c1-2-3-18-27-26(31)23(24(29)21-12-8-5-9-13-21)28-25(30)22-16-14-20(15-17-22)19-10-6-4-7-11-19/h4-17,23H,2-3,18H2,1H3,(H,27,31)(H,28,30). The number of rotatable bonds is 9. The van der Waals surface area contributed by atoms with Gasteiger partial charge in [0.25, 0.3) is 11.8 Å². The molecule has 3 aromatic carbocycles. The van der Waals surface area contributed by atoms with Crippen LogP contribution in [0.15, 0.2) is 84.9 Å². The van der Waals surface area contributed by atoms with Crippen molar-refractivity contribution in [2.75, 3.05) is 6.54 Å². The first-order chi connectivity index (χ1) is 15.1. The van der Waals surface area contributed by atoms with Gasteiger partial charge in [0.1, 0.15) is 0 Å². The van der Waals surface area contributed by atoms with Gasteiger partial charge < -0.3 is 10.6 Å². The zero-order valence-electron chi connectivity index (χ0n) is 17.5. The van der Waals surface area contributed by atoms with Crippen LogP contribution in [-0.2, 0) is 4.79 Å². The molecule has 158 valence electrons. The summed E-state index contributed by atoms with van der Waals surface area (Å²) in [7, 11) is 0. The molecule has 31 heavy (non-hydrogen) atoms. The third kappa shape index (κ3) is 5.89. The van der Waals surface area contributed by atoms with Crippen molar-refractivity contribution in [2.24, 2.45) is 0 Å². The predicted molar refractivity (Wildman–Crippen MR) is 122 cm³/mol. The van der Waals surface area contributed by atoms with Crippen molar-refractivity contribution in [3.05, 3.63) is 96.1 Å². The molecule has 3 rings (SSSR count). The van der Waals surface area contributed by atoms with Crippen LogP contribution in [-0.4, -0.2) is 30.2 Å². The van der Waals surface area contributed by atoms with E-state index in [4.69, 9.17) is 0 Å². The molecule has 5 nitrogen and oxygen atoms in total. The van der Waals surface area contributed by atoms with Gasteiger partial charge in [-0.05, 0) is 29.7 Å². The molecular formula is C26H26N2O3.